The van der Waals surface area contributed by atoms with E-state index in [1.54, 1.807) is 0 Å². The molecule has 1 aromatic rings. The molecule has 6 nitrogen and oxygen atoms in total. The topological polar surface area (TPSA) is 78.5 Å². The van der Waals surface area contributed by atoms with Gasteiger partial charge >= 0.3 is 0 Å². The number of likely N-dealkylation sites (tertiary alicyclic amines) is 1. The van der Waals surface area contributed by atoms with Gasteiger partial charge in [-0.05, 0) is 105 Å². The Morgan fingerprint density at radius 1 is 0.946 bits per heavy atom. The Hall–Kier alpha value is -2.37. The molecule has 1 aliphatic heterocycles. The van der Waals surface area contributed by atoms with Gasteiger partial charge in [-0.25, -0.2) is 0 Å². The van der Waals surface area contributed by atoms with Gasteiger partial charge in [0.05, 0.1) is 5.54 Å². The Bertz CT molecular complexity index is 1080. The van der Waals surface area contributed by atoms with E-state index in [9.17, 15) is 14.4 Å². The highest BCUT2D eigenvalue weighted by Crippen LogP contribution is 2.66. The molecule has 2 N–H and O–H groups in total. The molecule has 4 fully saturated rings. The lowest BCUT2D eigenvalue weighted by atomic mass is 9.47. The Labute approximate surface area is 222 Å². The standard InChI is InChI=1S/C31H45N3O3/c1-19(35)32-21-9-7-20(8-10-21)29(2,3)33-28(37)25-13-12-23-22-11-14-26-31(5,18-16-27(36)34(26)6)24(22)15-17-30(23,25)4/h7-10,22-26H,11-18H2,1-6H3,(H,32,35)(H,33,37)/t22-,23-,24-,25+,26+,30-,31+/m0/s1. The fourth-order valence-corrected chi connectivity index (χ4v) is 9.22. The van der Waals surface area contributed by atoms with E-state index in [0.29, 0.717) is 36.1 Å². The Kier molecular flexibility index (Phi) is 6.48. The van der Waals surface area contributed by atoms with Crippen LogP contribution in [-0.2, 0) is 19.9 Å². The Morgan fingerprint density at radius 3 is 2.30 bits per heavy atom. The first-order valence-electron chi connectivity index (χ1n) is 14.3. The van der Waals surface area contributed by atoms with Crippen LogP contribution in [0.25, 0.3) is 0 Å². The number of hydrogen-bond acceptors (Lipinski definition) is 3. The molecule has 5 rings (SSSR count). The smallest absolute Gasteiger partial charge is 0.224 e. The van der Waals surface area contributed by atoms with Gasteiger partial charge in [-0.1, -0.05) is 26.0 Å². The molecule has 1 aromatic carbocycles. The van der Waals surface area contributed by atoms with Gasteiger partial charge in [-0.3, -0.25) is 14.4 Å². The van der Waals surface area contributed by atoms with Crippen molar-refractivity contribution in [3.05, 3.63) is 29.8 Å². The summed E-state index contributed by atoms with van der Waals surface area (Å²) >= 11 is 0. The largest absolute Gasteiger partial charge is 0.347 e. The molecule has 3 aliphatic carbocycles. The molecule has 202 valence electrons. The van der Waals surface area contributed by atoms with E-state index >= 15 is 0 Å². The first-order valence-corrected chi connectivity index (χ1v) is 14.3. The van der Waals surface area contributed by atoms with Gasteiger partial charge in [0.1, 0.15) is 0 Å². The molecule has 1 saturated heterocycles. The lowest BCUT2D eigenvalue weighted by molar-refractivity contribution is -0.160. The first kappa shape index (κ1) is 26.2. The van der Waals surface area contributed by atoms with Crippen molar-refractivity contribution in [2.75, 3.05) is 12.4 Å². The van der Waals surface area contributed by atoms with E-state index in [4.69, 9.17) is 0 Å². The van der Waals surface area contributed by atoms with Gasteiger partial charge in [-0.15, -0.1) is 0 Å². The molecule has 0 radical (unpaired) electrons. The van der Waals surface area contributed by atoms with Crippen LogP contribution in [-0.4, -0.2) is 35.7 Å². The molecule has 3 saturated carbocycles. The van der Waals surface area contributed by atoms with Crippen LogP contribution in [0.3, 0.4) is 0 Å². The predicted molar refractivity (Wildman–Crippen MR) is 146 cm³/mol. The van der Waals surface area contributed by atoms with Crippen molar-refractivity contribution < 1.29 is 14.4 Å². The summed E-state index contributed by atoms with van der Waals surface area (Å²) in [6.07, 6.45) is 8.36. The van der Waals surface area contributed by atoms with E-state index in [1.807, 2.05) is 31.3 Å². The van der Waals surface area contributed by atoms with Crippen molar-refractivity contribution in [2.45, 2.75) is 97.6 Å². The van der Waals surface area contributed by atoms with Crippen LogP contribution in [0.15, 0.2) is 24.3 Å². The fraction of sp³-hybridized carbons (Fsp3) is 0.710. The van der Waals surface area contributed by atoms with Crippen LogP contribution >= 0.6 is 0 Å². The van der Waals surface area contributed by atoms with Crippen LogP contribution in [0.2, 0.25) is 0 Å². The fourth-order valence-electron chi connectivity index (χ4n) is 9.22. The molecule has 0 spiro atoms. The second-order valence-corrected chi connectivity index (χ2v) is 13.5. The van der Waals surface area contributed by atoms with Crippen molar-refractivity contribution in [2.24, 2.45) is 34.5 Å². The first-order chi connectivity index (χ1) is 17.4. The summed E-state index contributed by atoms with van der Waals surface area (Å²) in [5, 5.41) is 6.20. The third kappa shape index (κ3) is 4.28. The number of nitrogens with one attached hydrogen (secondary N) is 2. The average Bonchev–Trinajstić information content (AvgIpc) is 3.19. The normalized spacial score (nSPS) is 37.3. The van der Waals surface area contributed by atoms with Gasteiger partial charge in [0.2, 0.25) is 17.7 Å². The third-order valence-electron chi connectivity index (χ3n) is 11.2. The number of carbonyl (C=O) groups is 3. The molecular weight excluding hydrogens is 462 g/mol. The summed E-state index contributed by atoms with van der Waals surface area (Å²) in [6.45, 7) is 10.5. The maximum absolute atomic E-state index is 13.8. The van der Waals surface area contributed by atoms with Crippen LogP contribution in [0.5, 0.6) is 0 Å². The summed E-state index contributed by atoms with van der Waals surface area (Å²) in [6, 6.07) is 8.14. The summed E-state index contributed by atoms with van der Waals surface area (Å²) < 4.78 is 0. The van der Waals surface area contributed by atoms with Crippen molar-refractivity contribution in [3.63, 3.8) is 0 Å². The van der Waals surface area contributed by atoms with E-state index in [1.165, 1.54) is 19.8 Å². The lowest BCUT2D eigenvalue weighted by Gasteiger charge is -2.61. The van der Waals surface area contributed by atoms with Gasteiger partial charge in [0.25, 0.3) is 0 Å². The molecule has 37 heavy (non-hydrogen) atoms. The highest BCUT2D eigenvalue weighted by molar-refractivity contribution is 5.88. The maximum Gasteiger partial charge on any atom is 0.224 e. The lowest BCUT2D eigenvalue weighted by Crippen LogP contribution is -2.61. The van der Waals surface area contributed by atoms with Crippen molar-refractivity contribution in [1.82, 2.24) is 10.2 Å². The number of hydrogen-bond donors (Lipinski definition) is 2. The minimum atomic E-state index is -0.498. The number of anilines is 1. The van der Waals surface area contributed by atoms with E-state index in [-0.39, 0.29) is 28.6 Å². The number of piperidine rings is 1. The predicted octanol–water partition coefficient (Wildman–Crippen LogP) is 5.48. The molecule has 1 heterocycles. The summed E-state index contributed by atoms with van der Waals surface area (Å²) in [7, 11) is 2.02. The SMILES string of the molecule is CC(=O)Nc1ccc(C(C)(C)NC(=O)[C@H]2CC[C@H]3[C@@H]4CC[C@H]5N(C)C(=O)CC[C@]5(C)[C@H]4CC[C@]23C)cc1. The minimum Gasteiger partial charge on any atom is -0.347 e. The number of carbonyl (C=O) groups excluding carboxylic acids is 3. The summed E-state index contributed by atoms with van der Waals surface area (Å²) in [4.78, 5) is 39.7. The molecule has 6 heteroatoms. The second kappa shape index (κ2) is 9.13. The van der Waals surface area contributed by atoms with Gasteiger partial charge < -0.3 is 15.5 Å². The molecule has 0 aromatic heterocycles. The Balaban J connectivity index is 1.30. The number of rotatable bonds is 4. The van der Waals surface area contributed by atoms with Gasteiger partial charge in [0, 0.05) is 38.0 Å². The monoisotopic (exact) mass is 507 g/mol. The van der Waals surface area contributed by atoms with E-state index in [0.717, 1.165) is 43.4 Å². The molecule has 4 aliphatic rings. The van der Waals surface area contributed by atoms with Gasteiger partial charge in [-0.2, -0.15) is 0 Å². The minimum absolute atomic E-state index is 0.0379. The number of nitrogens with zero attached hydrogens (tertiary/aromatic N) is 1. The highest BCUT2D eigenvalue weighted by atomic mass is 16.2. The van der Waals surface area contributed by atoms with Crippen LogP contribution in [0.1, 0.15) is 91.5 Å². The molecule has 3 amide bonds. The zero-order chi connectivity index (χ0) is 26.8. The third-order valence-corrected chi connectivity index (χ3v) is 11.2. The zero-order valence-electron chi connectivity index (χ0n) is 23.5. The van der Waals surface area contributed by atoms with E-state index in [2.05, 4.69) is 43.2 Å². The molecular formula is C31H45N3O3. The van der Waals surface area contributed by atoms with Crippen molar-refractivity contribution >= 4 is 23.4 Å². The van der Waals surface area contributed by atoms with Crippen LogP contribution < -0.4 is 10.6 Å². The van der Waals surface area contributed by atoms with Crippen LogP contribution in [0.4, 0.5) is 5.69 Å². The Morgan fingerprint density at radius 2 is 1.62 bits per heavy atom. The molecule has 0 bridgehead atoms. The van der Waals surface area contributed by atoms with Crippen molar-refractivity contribution in [3.8, 4) is 0 Å². The van der Waals surface area contributed by atoms with Crippen LogP contribution in [0, 0.1) is 34.5 Å². The zero-order valence-corrected chi connectivity index (χ0v) is 23.5. The highest BCUT2D eigenvalue weighted by Gasteiger charge is 2.62. The second-order valence-electron chi connectivity index (χ2n) is 13.5. The van der Waals surface area contributed by atoms with Crippen molar-refractivity contribution in [1.29, 1.82) is 0 Å². The number of fused-ring (bicyclic) bond motifs is 5. The summed E-state index contributed by atoms with van der Waals surface area (Å²) in [5.74, 6) is 2.34. The van der Waals surface area contributed by atoms with Gasteiger partial charge in [0.15, 0.2) is 0 Å². The molecule has 7 atom stereocenters. The number of amides is 3. The summed E-state index contributed by atoms with van der Waals surface area (Å²) in [5.41, 5.74) is 1.54. The number of benzene rings is 1. The van der Waals surface area contributed by atoms with E-state index < -0.39 is 5.54 Å². The maximum atomic E-state index is 13.8. The molecule has 0 unspecified atom stereocenters. The average molecular weight is 508 g/mol. The quantitative estimate of drug-likeness (QED) is 0.567.